The van der Waals surface area contributed by atoms with Gasteiger partial charge in [0, 0.05) is 25.4 Å². The lowest BCUT2D eigenvalue weighted by Crippen LogP contribution is -2.51. The van der Waals surface area contributed by atoms with E-state index in [1.54, 1.807) is 18.0 Å². The predicted octanol–water partition coefficient (Wildman–Crippen LogP) is 1.48. The van der Waals surface area contributed by atoms with Crippen LogP contribution in [0.15, 0.2) is 18.3 Å². The van der Waals surface area contributed by atoms with Gasteiger partial charge in [0.15, 0.2) is 0 Å². The van der Waals surface area contributed by atoms with Gasteiger partial charge >= 0.3 is 0 Å². The smallest absolute Gasteiger partial charge is 0.254 e. The third kappa shape index (κ3) is 3.04. The summed E-state index contributed by atoms with van der Waals surface area (Å²) in [7, 11) is 1.59. The summed E-state index contributed by atoms with van der Waals surface area (Å²) in [5.41, 5.74) is 0.468. The standard InChI is InChI=1S/C13H16ClN3O2/c1-15-12(18)10-4-2-3-7-17(10)13(19)9-5-6-16-11(14)8-9/h5-6,8,10H,2-4,7H2,1H3,(H,15,18). The first-order valence-corrected chi connectivity index (χ1v) is 6.65. The fourth-order valence-corrected chi connectivity index (χ4v) is 2.49. The molecule has 0 aromatic carbocycles. The van der Waals surface area contributed by atoms with Crippen LogP contribution in [0, 0.1) is 0 Å². The van der Waals surface area contributed by atoms with E-state index in [1.165, 1.54) is 12.3 Å². The fraction of sp³-hybridized carbons (Fsp3) is 0.462. The van der Waals surface area contributed by atoms with Crippen LogP contribution >= 0.6 is 11.6 Å². The molecule has 19 heavy (non-hydrogen) atoms. The zero-order valence-electron chi connectivity index (χ0n) is 10.7. The van der Waals surface area contributed by atoms with E-state index < -0.39 is 6.04 Å². The summed E-state index contributed by atoms with van der Waals surface area (Å²) in [4.78, 5) is 29.8. The Morgan fingerprint density at radius 3 is 2.95 bits per heavy atom. The Labute approximate surface area is 117 Å². The van der Waals surface area contributed by atoms with Crippen molar-refractivity contribution < 1.29 is 9.59 Å². The lowest BCUT2D eigenvalue weighted by atomic mass is 10.0. The molecular formula is C13H16ClN3O2. The SMILES string of the molecule is CNC(=O)C1CCCCN1C(=O)c1ccnc(Cl)c1. The third-order valence-electron chi connectivity index (χ3n) is 3.29. The van der Waals surface area contributed by atoms with E-state index in [1.807, 2.05) is 0 Å². The van der Waals surface area contributed by atoms with Crippen LogP contribution in [0.25, 0.3) is 0 Å². The van der Waals surface area contributed by atoms with Gasteiger partial charge in [-0.3, -0.25) is 9.59 Å². The van der Waals surface area contributed by atoms with Crippen molar-refractivity contribution in [1.29, 1.82) is 0 Å². The van der Waals surface area contributed by atoms with Crippen LogP contribution in [0.3, 0.4) is 0 Å². The summed E-state index contributed by atoms with van der Waals surface area (Å²) < 4.78 is 0. The van der Waals surface area contributed by atoms with Gasteiger partial charge in [0.2, 0.25) is 5.91 Å². The molecule has 1 aliphatic heterocycles. The number of hydrogen-bond acceptors (Lipinski definition) is 3. The van der Waals surface area contributed by atoms with E-state index in [9.17, 15) is 9.59 Å². The molecule has 2 rings (SSSR count). The first-order valence-electron chi connectivity index (χ1n) is 6.27. The predicted molar refractivity (Wildman–Crippen MR) is 72.0 cm³/mol. The Hall–Kier alpha value is -1.62. The number of halogens is 1. The molecule has 1 fully saturated rings. The lowest BCUT2D eigenvalue weighted by molar-refractivity contribution is -0.126. The van der Waals surface area contributed by atoms with Crippen molar-refractivity contribution in [2.45, 2.75) is 25.3 Å². The molecule has 1 N–H and O–H groups in total. The second kappa shape index (κ2) is 6.02. The molecule has 6 heteroatoms. The van der Waals surface area contributed by atoms with E-state index in [0.717, 1.165) is 12.8 Å². The van der Waals surface area contributed by atoms with Gasteiger partial charge in [0.25, 0.3) is 5.91 Å². The molecule has 1 atom stereocenters. The van der Waals surface area contributed by atoms with Crippen LogP contribution in [0.4, 0.5) is 0 Å². The number of carbonyl (C=O) groups excluding carboxylic acids is 2. The van der Waals surface area contributed by atoms with Gasteiger partial charge in [-0.2, -0.15) is 0 Å². The van der Waals surface area contributed by atoms with E-state index in [0.29, 0.717) is 18.5 Å². The number of hydrogen-bond donors (Lipinski definition) is 1. The molecule has 0 aliphatic carbocycles. The molecule has 5 nitrogen and oxygen atoms in total. The zero-order valence-corrected chi connectivity index (χ0v) is 11.5. The first-order chi connectivity index (χ1) is 9.13. The van der Waals surface area contributed by atoms with Gasteiger partial charge in [-0.15, -0.1) is 0 Å². The van der Waals surface area contributed by atoms with E-state index in [4.69, 9.17) is 11.6 Å². The Bertz CT molecular complexity index is 493. The summed E-state index contributed by atoms with van der Waals surface area (Å²) in [6, 6.07) is 2.75. The first kappa shape index (κ1) is 13.8. The number of nitrogens with one attached hydrogen (secondary N) is 1. The van der Waals surface area contributed by atoms with Crippen LogP contribution in [0.1, 0.15) is 29.6 Å². The largest absolute Gasteiger partial charge is 0.357 e. The van der Waals surface area contributed by atoms with Crippen molar-refractivity contribution >= 4 is 23.4 Å². The van der Waals surface area contributed by atoms with Crippen molar-refractivity contribution in [3.05, 3.63) is 29.0 Å². The molecule has 1 saturated heterocycles. The number of piperidine rings is 1. The molecule has 1 unspecified atom stereocenters. The topological polar surface area (TPSA) is 62.3 Å². The summed E-state index contributed by atoms with van der Waals surface area (Å²) in [5.74, 6) is -0.286. The molecule has 1 aromatic heterocycles. The van der Waals surface area contributed by atoms with Crippen LogP contribution in [0.2, 0.25) is 5.15 Å². The zero-order chi connectivity index (χ0) is 13.8. The molecule has 102 valence electrons. The minimum absolute atomic E-state index is 0.117. The number of rotatable bonds is 2. The van der Waals surface area contributed by atoms with Gasteiger partial charge in [0.1, 0.15) is 11.2 Å². The van der Waals surface area contributed by atoms with E-state index in [2.05, 4.69) is 10.3 Å². The molecule has 2 heterocycles. The van der Waals surface area contributed by atoms with Crippen LogP contribution < -0.4 is 5.32 Å². The number of pyridine rings is 1. The highest BCUT2D eigenvalue weighted by Gasteiger charge is 2.32. The molecule has 0 radical (unpaired) electrons. The second-order valence-electron chi connectivity index (χ2n) is 4.49. The maximum absolute atomic E-state index is 12.4. The van der Waals surface area contributed by atoms with Gasteiger partial charge in [0.05, 0.1) is 0 Å². The van der Waals surface area contributed by atoms with Crippen molar-refractivity contribution in [1.82, 2.24) is 15.2 Å². The average Bonchev–Trinajstić information content (AvgIpc) is 2.45. The van der Waals surface area contributed by atoms with Crippen molar-refractivity contribution in [2.75, 3.05) is 13.6 Å². The third-order valence-corrected chi connectivity index (χ3v) is 3.49. The minimum Gasteiger partial charge on any atom is -0.357 e. The number of carbonyl (C=O) groups is 2. The Morgan fingerprint density at radius 2 is 2.26 bits per heavy atom. The lowest BCUT2D eigenvalue weighted by Gasteiger charge is -2.34. The highest BCUT2D eigenvalue weighted by atomic mass is 35.5. The molecule has 0 spiro atoms. The fourth-order valence-electron chi connectivity index (χ4n) is 2.32. The number of amides is 2. The Morgan fingerprint density at radius 1 is 1.47 bits per heavy atom. The highest BCUT2D eigenvalue weighted by molar-refractivity contribution is 6.29. The van der Waals surface area contributed by atoms with Crippen molar-refractivity contribution in [2.24, 2.45) is 0 Å². The number of likely N-dealkylation sites (N-methyl/N-ethyl adjacent to an activating group) is 1. The van der Waals surface area contributed by atoms with E-state index >= 15 is 0 Å². The van der Waals surface area contributed by atoms with Crippen molar-refractivity contribution in [3.8, 4) is 0 Å². The molecule has 0 bridgehead atoms. The number of nitrogens with zero attached hydrogens (tertiary/aromatic N) is 2. The van der Waals surface area contributed by atoms with Gasteiger partial charge < -0.3 is 10.2 Å². The van der Waals surface area contributed by atoms with Gasteiger partial charge in [-0.25, -0.2) is 4.98 Å². The second-order valence-corrected chi connectivity index (χ2v) is 4.88. The van der Waals surface area contributed by atoms with E-state index in [-0.39, 0.29) is 17.0 Å². The molecule has 0 saturated carbocycles. The summed E-state index contributed by atoms with van der Waals surface area (Å²) in [6.45, 7) is 0.594. The van der Waals surface area contributed by atoms with Crippen LogP contribution in [0.5, 0.6) is 0 Å². The number of likely N-dealkylation sites (tertiary alicyclic amines) is 1. The average molecular weight is 282 g/mol. The summed E-state index contributed by atoms with van der Waals surface area (Å²) in [5, 5.41) is 2.89. The quantitative estimate of drug-likeness (QED) is 0.835. The normalized spacial score (nSPS) is 19.1. The monoisotopic (exact) mass is 281 g/mol. The van der Waals surface area contributed by atoms with Crippen LogP contribution in [-0.2, 0) is 4.79 Å². The summed E-state index contributed by atoms with van der Waals surface area (Å²) >= 11 is 5.79. The van der Waals surface area contributed by atoms with Gasteiger partial charge in [-0.05, 0) is 31.4 Å². The minimum atomic E-state index is -0.391. The summed E-state index contributed by atoms with van der Waals surface area (Å²) in [6.07, 6.45) is 4.07. The molecular weight excluding hydrogens is 266 g/mol. The maximum atomic E-state index is 12.4. The van der Waals surface area contributed by atoms with Crippen LogP contribution in [-0.4, -0.2) is 41.3 Å². The molecule has 1 aromatic rings. The molecule has 1 aliphatic rings. The Balaban J connectivity index is 2.22. The maximum Gasteiger partial charge on any atom is 0.254 e. The molecule has 2 amide bonds. The van der Waals surface area contributed by atoms with Crippen molar-refractivity contribution in [3.63, 3.8) is 0 Å². The number of aromatic nitrogens is 1. The Kier molecular flexibility index (Phi) is 4.37. The highest BCUT2D eigenvalue weighted by Crippen LogP contribution is 2.20. The van der Waals surface area contributed by atoms with Gasteiger partial charge in [-0.1, -0.05) is 11.6 Å².